The van der Waals surface area contributed by atoms with Gasteiger partial charge in [0, 0.05) is 69.3 Å². The van der Waals surface area contributed by atoms with Crippen LogP contribution >= 0.6 is 11.6 Å². The number of nitrogens with one attached hydrogen (secondary N) is 2. The Bertz CT molecular complexity index is 2050. The fourth-order valence-corrected chi connectivity index (χ4v) is 7.89. The van der Waals surface area contributed by atoms with Crippen LogP contribution in [0, 0.1) is 0 Å². The second-order valence-corrected chi connectivity index (χ2v) is 14.5. The van der Waals surface area contributed by atoms with Gasteiger partial charge >= 0.3 is 0 Å². The highest BCUT2D eigenvalue weighted by Gasteiger charge is 2.43. The largest absolute Gasteiger partial charge is 0.356 e. The summed E-state index contributed by atoms with van der Waals surface area (Å²) in [5.41, 5.74) is 14.1. The molecule has 0 bridgehead atoms. The fourth-order valence-electron chi connectivity index (χ4n) is 7.57. The molecule has 2 heterocycles. The number of hydrogen-bond acceptors (Lipinski definition) is 3. The molecule has 0 unspecified atom stereocenters. The van der Waals surface area contributed by atoms with Gasteiger partial charge in [-0.3, -0.25) is 0 Å². The summed E-state index contributed by atoms with van der Waals surface area (Å²) in [6.07, 6.45) is 10.9. The van der Waals surface area contributed by atoms with E-state index in [0.717, 1.165) is 40.6 Å². The Labute approximate surface area is 290 Å². The van der Waals surface area contributed by atoms with E-state index in [2.05, 4.69) is 171 Å². The van der Waals surface area contributed by atoms with Crippen LogP contribution in [0.3, 0.4) is 0 Å². The van der Waals surface area contributed by atoms with Crippen molar-refractivity contribution in [3.63, 3.8) is 0 Å². The van der Waals surface area contributed by atoms with Gasteiger partial charge in [0.15, 0.2) is 5.71 Å². The lowest BCUT2D eigenvalue weighted by molar-refractivity contribution is -0.401. The normalized spacial score (nSPS) is 19.5. The molecular formula is C43H44ClN4+. The van der Waals surface area contributed by atoms with Gasteiger partial charge in [0.05, 0.1) is 5.41 Å². The Balaban J connectivity index is 1.10. The van der Waals surface area contributed by atoms with Gasteiger partial charge in [0.1, 0.15) is 7.05 Å². The molecule has 0 saturated heterocycles. The molecule has 0 saturated carbocycles. The number of rotatable bonds is 7. The lowest BCUT2D eigenvalue weighted by Crippen LogP contribution is -2.26. The molecule has 0 spiro atoms. The number of halogens is 1. The molecule has 4 aromatic rings. The van der Waals surface area contributed by atoms with Crippen molar-refractivity contribution in [1.82, 2.24) is 0 Å². The van der Waals surface area contributed by atoms with E-state index in [-0.39, 0.29) is 10.8 Å². The molecule has 0 radical (unpaired) electrons. The minimum atomic E-state index is -0.145. The van der Waals surface area contributed by atoms with Crippen molar-refractivity contribution >= 4 is 51.4 Å². The average Bonchev–Trinajstić information content (AvgIpc) is 3.59. The first-order valence-corrected chi connectivity index (χ1v) is 17.2. The third kappa shape index (κ3) is 5.69. The molecule has 1 aliphatic carbocycles. The molecule has 5 heteroatoms. The molecule has 0 amide bonds. The first-order chi connectivity index (χ1) is 23.0. The molecule has 48 heavy (non-hydrogen) atoms. The van der Waals surface area contributed by atoms with E-state index in [9.17, 15) is 0 Å². The fraction of sp³-hybridized carbons (Fsp3) is 0.233. The van der Waals surface area contributed by atoms with Gasteiger partial charge in [-0.05, 0) is 104 Å². The highest BCUT2D eigenvalue weighted by Crippen LogP contribution is 2.48. The van der Waals surface area contributed by atoms with Crippen molar-refractivity contribution in [3.8, 4) is 0 Å². The van der Waals surface area contributed by atoms with Crippen LogP contribution in [0.25, 0.3) is 0 Å². The van der Waals surface area contributed by atoms with Crippen LogP contribution in [0.15, 0.2) is 143 Å². The number of anilines is 5. The molecule has 2 N–H and O–H groups in total. The van der Waals surface area contributed by atoms with Crippen molar-refractivity contribution in [3.05, 3.63) is 154 Å². The molecule has 242 valence electrons. The van der Waals surface area contributed by atoms with Crippen molar-refractivity contribution in [2.45, 2.75) is 51.4 Å². The number of fused-ring (bicyclic) bond motifs is 2. The third-order valence-corrected chi connectivity index (χ3v) is 10.8. The number of nitrogens with zero attached hydrogens (tertiary/aromatic N) is 2. The number of benzene rings is 4. The van der Waals surface area contributed by atoms with E-state index in [4.69, 9.17) is 11.6 Å². The Hall–Kier alpha value is -4.80. The van der Waals surface area contributed by atoms with Crippen molar-refractivity contribution in [1.29, 1.82) is 0 Å². The minimum Gasteiger partial charge on any atom is -0.356 e. The smallest absolute Gasteiger partial charge is 0.209 e. The Morgan fingerprint density at radius 3 is 1.94 bits per heavy atom. The molecule has 4 nitrogen and oxygen atoms in total. The average molecular weight is 652 g/mol. The quantitative estimate of drug-likeness (QED) is 0.195. The maximum atomic E-state index is 7.08. The number of hydrogen-bond donors (Lipinski definition) is 2. The zero-order valence-corrected chi connectivity index (χ0v) is 29.5. The van der Waals surface area contributed by atoms with Gasteiger partial charge < -0.3 is 15.5 Å². The molecule has 0 atom stereocenters. The van der Waals surface area contributed by atoms with Gasteiger partial charge in [-0.1, -0.05) is 74.0 Å². The van der Waals surface area contributed by atoms with Crippen molar-refractivity contribution in [2.75, 3.05) is 29.6 Å². The summed E-state index contributed by atoms with van der Waals surface area (Å²) in [5.74, 6) is 0. The van der Waals surface area contributed by atoms with E-state index < -0.39 is 0 Å². The summed E-state index contributed by atoms with van der Waals surface area (Å²) in [7, 11) is 4.33. The van der Waals surface area contributed by atoms with Crippen LogP contribution in [0.5, 0.6) is 0 Å². The molecule has 2 aliphatic heterocycles. The highest BCUT2D eigenvalue weighted by atomic mass is 35.5. The summed E-state index contributed by atoms with van der Waals surface area (Å²) in [6.45, 7) is 9.23. The minimum absolute atomic E-state index is 0.145. The van der Waals surface area contributed by atoms with Crippen LogP contribution < -0.4 is 15.5 Å². The summed E-state index contributed by atoms with van der Waals surface area (Å²) in [6, 6.07) is 34.0. The van der Waals surface area contributed by atoms with E-state index in [1.165, 1.54) is 45.1 Å². The summed E-state index contributed by atoms with van der Waals surface area (Å²) >= 11 is 7.08. The second-order valence-electron chi connectivity index (χ2n) is 14.1. The van der Waals surface area contributed by atoms with Gasteiger partial charge in [0.25, 0.3) is 0 Å². The van der Waals surface area contributed by atoms with Crippen LogP contribution in [-0.4, -0.2) is 24.4 Å². The van der Waals surface area contributed by atoms with Crippen LogP contribution in [0.4, 0.5) is 34.1 Å². The van der Waals surface area contributed by atoms with E-state index in [1.54, 1.807) is 0 Å². The van der Waals surface area contributed by atoms with Gasteiger partial charge in [-0.15, -0.1) is 0 Å². The van der Waals surface area contributed by atoms with E-state index in [0.29, 0.717) is 0 Å². The monoisotopic (exact) mass is 651 g/mol. The molecular weight excluding hydrogens is 608 g/mol. The van der Waals surface area contributed by atoms with Crippen molar-refractivity contribution < 1.29 is 4.58 Å². The third-order valence-electron chi connectivity index (χ3n) is 10.3. The predicted molar refractivity (Wildman–Crippen MR) is 205 cm³/mol. The zero-order valence-electron chi connectivity index (χ0n) is 28.7. The summed E-state index contributed by atoms with van der Waals surface area (Å²) < 4.78 is 2.32. The van der Waals surface area contributed by atoms with Crippen LogP contribution in [0.2, 0.25) is 0 Å². The highest BCUT2D eigenvalue weighted by molar-refractivity contribution is 6.33. The number of likely N-dealkylation sites (N-methyl/N-ethyl adjacent to an activating group) is 1. The second kappa shape index (κ2) is 12.3. The van der Waals surface area contributed by atoms with Gasteiger partial charge in [-0.25, -0.2) is 0 Å². The number of para-hydroxylation sites is 2. The van der Waals surface area contributed by atoms with Crippen LogP contribution in [-0.2, 0) is 10.8 Å². The molecule has 0 aromatic heterocycles. The number of allylic oxidation sites excluding steroid dienone is 8. The topological polar surface area (TPSA) is 30.3 Å². The lowest BCUT2D eigenvalue weighted by atomic mass is 9.81. The van der Waals surface area contributed by atoms with Gasteiger partial charge in [0.2, 0.25) is 5.69 Å². The first-order valence-electron chi connectivity index (χ1n) is 16.8. The van der Waals surface area contributed by atoms with Gasteiger partial charge in [-0.2, -0.15) is 4.58 Å². The molecule has 0 fully saturated rings. The maximum absolute atomic E-state index is 7.08. The Morgan fingerprint density at radius 2 is 1.29 bits per heavy atom. The molecule has 7 rings (SSSR count). The molecule has 3 aliphatic rings. The van der Waals surface area contributed by atoms with E-state index >= 15 is 0 Å². The van der Waals surface area contributed by atoms with Crippen LogP contribution in [0.1, 0.15) is 51.7 Å². The lowest BCUT2D eigenvalue weighted by Gasteiger charge is -2.24. The SMILES string of the molecule is CN1/C(=C\C=C2/CCC(/C=C/C3=[N+](C)c4ccc(Nc5ccccc5)cc4C3(C)C)=C2Cl)C(C)(C)c2cc(Nc3ccccc3)ccc21. The Kier molecular flexibility index (Phi) is 8.17. The summed E-state index contributed by atoms with van der Waals surface area (Å²) in [4.78, 5) is 2.32. The Morgan fingerprint density at radius 1 is 0.688 bits per heavy atom. The standard InChI is InChI=1S/C43H44ClN4/c1-42(2)35-27-33(45-31-13-9-7-10-14-31)21-23-37(35)47(5)39(42)25-19-29-17-18-30(41(29)44)20-26-40-43(3,4)36-28-34(22-24-38(36)48(40)6)46-32-15-11-8-12-16-32/h7-16,19-28,45-46H,17-18H2,1-6H3/q+1. The van der Waals surface area contributed by atoms with E-state index in [1.807, 2.05) is 12.1 Å². The summed E-state index contributed by atoms with van der Waals surface area (Å²) in [5, 5.41) is 7.99. The zero-order chi connectivity index (χ0) is 33.6. The van der Waals surface area contributed by atoms with Crippen molar-refractivity contribution in [2.24, 2.45) is 0 Å². The first kappa shape index (κ1) is 31.8. The predicted octanol–water partition coefficient (Wildman–Crippen LogP) is 11.3. The maximum Gasteiger partial charge on any atom is 0.209 e. The molecule has 4 aromatic carbocycles.